The topological polar surface area (TPSA) is 87.7 Å². The van der Waals surface area contributed by atoms with E-state index in [4.69, 9.17) is 11.6 Å². The number of aromatic amines is 1. The van der Waals surface area contributed by atoms with E-state index in [1.54, 1.807) is 43.5 Å². The number of aromatic nitrogens is 3. The zero-order valence-corrected chi connectivity index (χ0v) is 17.1. The first kappa shape index (κ1) is 19.5. The normalized spacial score (nSPS) is 11.9. The third-order valence-corrected chi connectivity index (χ3v) is 6.35. The summed E-state index contributed by atoms with van der Waals surface area (Å²) in [7, 11) is -2.16. The molecule has 148 valence electrons. The number of rotatable bonds is 4. The lowest BCUT2D eigenvalue weighted by atomic mass is 10.1. The van der Waals surface area contributed by atoms with Crippen LogP contribution in [0.15, 0.2) is 53.6 Å². The summed E-state index contributed by atoms with van der Waals surface area (Å²) in [5.74, 6) is -0.443. The SMILES string of the molecule is CNS(=O)(=O)c1ccc(-c2cnc3[nH]c(-c4c(F)cccc4Cl)cc3n2)c(C)c1. The third-order valence-electron chi connectivity index (χ3n) is 4.62. The molecule has 0 aliphatic carbocycles. The van der Waals surface area contributed by atoms with Gasteiger partial charge in [0.1, 0.15) is 11.3 Å². The molecule has 0 saturated heterocycles. The van der Waals surface area contributed by atoms with E-state index in [2.05, 4.69) is 19.7 Å². The number of nitrogens with zero attached hydrogens (tertiary/aromatic N) is 2. The van der Waals surface area contributed by atoms with Gasteiger partial charge in [0.05, 0.1) is 33.1 Å². The van der Waals surface area contributed by atoms with Crippen molar-refractivity contribution in [2.75, 3.05) is 7.05 Å². The van der Waals surface area contributed by atoms with Crippen molar-refractivity contribution in [3.63, 3.8) is 0 Å². The summed E-state index contributed by atoms with van der Waals surface area (Å²) >= 11 is 6.15. The van der Waals surface area contributed by atoms with E-state index in [0.717, 1.165) is 11.1 Å². The highest BCUT2D eigenvalue weighted by atomic mass is 35.5. The monoisotopic (exact) mass is 430 g/mol. The van der Waals surface area contributed by atoms with Gasteiger partial charge in [0.25, 0.3) is 0 Å². The number of benzene rings is 2. The molecule has 4 aromatic rings. The molecule has 4 rings (SSSR count). The molecule has 0 radical (unpaired) electrons. The van der Waals surface area contributed by atoms with Crippen LogP contribution in [0.3, 0.4) is 0 Å². The second kappa shape index (κ2) is 7.22. The predicted molar refractivity (Wildman–Crippen MR) is 111 cm³/mol. The van der Waals surface area contributed by atoms with E-state index in [-0.39, 0.29) is 15.5 Å². The highest BCUT2D eigenvalue weighted by molar-refractivity contribution is 7.89. The molecule has 2 aromatic heterocycles. The van der Waals surface area contributed by atoms with Gasteiger partial charge in [-0.05, 0) is 49.9 Å². The Balaban J connectivity index is 1.79. The first-order chi connectivity index (χ1) is 13.8. The molecule has 0 bridgehead atoms. The molecule has 0 aliphatic rings. The van der Waals surface area contributed by atoms with Crippen LogP contribution in [0.25, 0.3) is 33.7 Å². The van der Waals surface area contributed by atoms with E-state index in [1.807, 2.05) is 0 Å². The molecule has 0 unspecified atom stereocenters. The highest BCUT2D eigenvalue weighted by Crippen LogP contribution is 2.32. The lowest BCUT2D eigenvalue weighted by Gasteiger charge is -2.08. The Morgan fingerprint density at radius 2 is 1.97 bits per heavy atom. The van der Waals surface area contributed by atoms with E-state index in [9.17, 15) is 12.8 Å². The summed E-state index contributed by atoms with van der Waals surface area (Å²) in [6.45, 7) is 1.80. The zero-order chi connectivity index (χ0) is 20.8. The standard InChI is InChI=1S/C20H16ClFN4O2S/c1-11-8-12(29(27,28)23-2)6-7-13(11)18-10-24-20-17(25-18)9-16(26-20)19-14(21)4-3-5-15(19)22/h3-10,23H,1-2H3,(H,24,26). The van der Waals surface area contributed by atoms with Gasteiger partial charge in [-0.15, -0.1) is 0 Å². The molecule has 6 nitrogen and oxygen atoms in total. The maximum absolute atomic E-state index is 14.2. The van der Waals surface area contributed by atoms with Gasteiger partial charge >= 0.3 is 0 Å². The molecule has 0 amide bonds. The Hall–Kier alpha value is -2.81. The van der Waals surface area contributed by atoms with E-state index in [0.29, 0.717) is 22.6 Å². The summed E-state index contributed by atoms with van der Waals surface area (Å²) in [5, 5.41) is 0.286. The molecule has 2 aromatic carbocycles. The smallest absolute Gasteiger partial charge is 0.240 e. The Morgan fingerprint density at radius 3 is 2.66 bits per heavy atom. The Morgan fingerprint density at radius 1 is 1.17 bits per heavy atom. The van der Waals surface area contributed by atoms with E-state index in [1.165, 1.54) is 19.2 Å². The van der Waals surface area contributed by atoms with Crippen LogP contribution in [-0.2, 0) is 10.0 Å². The molecule has 9 heteroatoms. The van der Waals surface area contributed by atoms with Gasteiger partial charge in [-0.3, -0.25) is 0 Å². The minimum atomic E-state index is -3.53. The van der Waals surface area contributed by atoms with Crippen LogP contribution >= 0.6 is 11.6 Å². The van der Waals surface area contributed by atoms with Crippen molar-refractivity contribution in [3.8, 4) is 22.5 Å². The average Bonchev–Trinajstić information content (AvgIpc) is 3.10. The maximum Gasteiger partial charge on any atom is 0.240 e. The Labute approximate surface area is 171 Å². The van der Waals surface area contributed by atoms with E-state index < -0.39 is 15.8 Å². The molecular formula is C20H16ClFN4O2S. The van der Waals surface area contributed by atoms with Crippen molar-refractivity contribution in [1.82, 2.24) is 19.7 Å². The summed E-state index contributed by atoms with van der Waals surface area (Å²) < 4.78 is 40.5. The summed E-state index contributed by atoms with van der Waals surface area (Å²) in [5.41, 5.74) is 3.84. The van der Waals surface area contributed by atoms with Gasteiger partial charge in [0.2, 0.25) is 10.0 Å². The first-order valence-corrected chi connectivity index (χ1v) is 10.5. The largest absolute Gasteiger partial charge is 0.338 e. The zero-order valence-electron chi connectivity index (χ0n) is 15.5. The van der Waals surface area contributed by atoms with Gasteiger partial charge in [-0.1, -0.05) is 23.7 Å². The fourth-order valence-electron chi connectivity index (χ4n) is 3.13. The van der Waals surface area contributed by atoms with Crippen LogP contribution in [0, 0.1) is 12.7 Å². The predicted octanol–water partition coefficient (Wildman–Crippen LogP) is 4.30. The number of halogens is 2. The number of aryl methyl sites for hydroxylation is 1. The third kappa shape index (κ3) is 3.50. The van der Waals surface area contributed by atoms with Crippen LogP contribution in [0.2, 0.25) is 5.02 Å². The second-order valence-electron chi connectivity index (χ2n) is 6.45. The lowest BCUT2D eigenvalue weighted by Crippen LogP contribution is -2.18. The van der Waals surface area contributed by atoms with Gasteiger partial charge < -0.3 is 4.98 Å². The average molecular weight is 431 g/mol. The number of hydrogen-bond acceptors (Lipinski definition) is 4. The molecular weight excluding hydrogens is 415 g/mol. The number of hydrogen-bond donors (Lipinski definition) is 2. The molecule has 0 spiro atoms. The highest BCUT2D eigenvalue weighted by Gasteiger charge is 2.16. The number of H-pyrrole nitrogens is 1. The van der Waals surface area contributed by atoms with Crippen LogP contribution < -0.4 is 4.72 Å². The number of sulfonamides is 1. The molecule has 0 fully saturated rings. The van der Waals surface area contributed by atoms with Crippen molar-refractivity contribution >= 4 is 32.8 Å². The Kier molecular flexibility index (Phi) is 4.85. The molecule has 0 atom stereocenters. The van der Waals surface area contributed by atoms with Gasteiger partial charge in [-0.25, -0.2) is 27.5 Å². The molecule has 2 heterocycles. The van der Waals surface area contributed by atoms with Gasteiger partial charge in [0, 0.05) is 5.56 Å². The number of nitrogens with one attached hydrogen (secondary N) is 2. The molecule has 0 saturated carbocycles. The summed E-state index contributed by atoms with van der Waals surface area (Å²) in [4.78, 5) is 12.2. The van der Waals surface area contributed by atoms with Crippen molar-refractivity contribution in [3.05, 3.63) is 65.1 Å². The Bertz CT molecular complexity index is 1330. The van der Waals surface area contributed by atoms with Crippen molar-refractivity contribution < 1.29 is 12.8 Å². The van der Waals surface area contributed by atoms with Crippen LogP contribution in [0.1, 0.15) is 5.56 Å². The van der Waals surface area contributed by atoms with Crippen LogP contribution in [0.5, 0.6) is 0 Å². The van der Waals surface area contributed by atoms with Crippen molar-refractivity contribution in [1.29, 1.82) is 0 Å². The van der Waals surface area contributed by atoms with Gasteiger partial charge in [-0.2, -0.15) is 0 Å². The van der Waals surface area contributed by atoms with Crippen molar-refractivity contribution in [2.45, 2.75) is 11.8 Å². The second-order valence-corrected chi connectivity index (χ2v) is 8.75. The minimum absolute atomic E-state index is 0.174. The van der Waals surface area contributed by atoms with Crippen molar-refractivity contribution in [2.24, 2.45) is 0 Å². The van der Waals surface area contributed by atoms with E-state index >= 15 is 0 Å². The van der Waals surface area contributed by atoms with Gasteiger partial charge in [0.15, 0.2) is 5.65 Å². The van der Waals surface area contributed by atoms with Crippen LogP contribution in [-0.4, -0.2) is 30.4 Å². The fraction of sp³-hybridized carbons (Fsp3) is 0.100. The molecule has 29 heavy (non-hydrogen) atoms. The van der Waals surface area contributed by atoms with Crippen LogP contribution in [0.4, 0.5) is 4.39 Å². The maximum atomic E-state index is 14.2. The number of fused-ring (bicyclic) bond motifs is 1. The molecule has 0 aliphatic heterocycles. The minimum Gasteiger partial charge on any atom is -0.338 e. The summed E-state index contributed by atoms with van der Waals surface area (Å²) in [6.07, 6.45) is 1.58. The summed E-state index contributed by atoms with van der Waals surface area (Å²) in [6, 6.07) is 11.0. The first-order valence-electron chi connectivity index (χ1n) is 8.65. The quantitative estimate of drug-likeness (QED) is 0.505. The fourth-order valence-corrected chi connectivity index (χ4v) is 4.21. The lowest BCUT2D eigenvalue weighted by molar-refractivity contribution is 0.588. The molecule has 2 N–H and O–H groups in total.